The zero-order valence-corrected chi connectivity index (χ0v) is 9.84. The number of hydrogen-bond donors (Lipinski definition) is 1. The quantitative estimate of drug-likeness (QED) is 0.685. The van der Waals surface area contributed by atoms with Crippen molar-refractivity contribution in [3.8, 4) is 0 Å². The third-order valence-electron chi connectivity index (χ3n) is 4.65. The van der Waals surface area contributed by atoms with Crippen LogP contribution in [0, 0.1) is 17.3 Å². The van der Waals surface area contributed by atoms with Crippen molar-refractivity contribution in [1.82, 2.24) is 10.2 Å². The first-order valence-corrected chi connectivity index (χ1v) is 6.08. The fourth-order valence-electron chi connectivity index (χ4n) is 3.63. The second kappa shape index (κ2) is 3.82. The molecule has 2 nitrogen and oxygen atoms in total. The van der Waals surface area contributed by atoms with Crippen molar-refractivity contribution in [2.45, 2.75) is 26.7 Å². The first-order valence-electron chi connectivity index (χ1n) is 6.08. The van der Waals surface area contributed by atoms with E-state index in [0.29, 0.717) is 5.41 Å². The molecule has 2 aliphatic rings. The smallest absolute Gasteiger partial charge is 0.00416 e. The van der Waals surface area contributed by atoms with E-state index >= 15 is 0 Å². The van der Waals surface area contributed by atoms with E-state index in [9.17, 15) is 0 Å². The molecule has 0 aromatic heterocycles. The molecule has 0 amide bonds. The van der Waals surface area contributed by atoms with Crippen LogP contribution in [0.25, 0.3) is 0 Å². The lowest BCUT2D eigenvalue weighted by Gasteiger charge is -2.46. The first kappa shape index (κ1) is 10.4. The van der Waals surface area contributed by atoms with Gasteiger partial charge in [-0.05, 0) is 50.4 Å². The van der Waals surface area contributed by atoms with Gasteiger partial charge in [0.25, 0.3) is 0 Å². The Balaban J connectivity index is 2.18. The number of hydrogen-bond acceptors (Lipinski definition) is 2. The van der Waals surface area contributed by atoms with Crippen LogP contribution in [-0.4, -0.2) is 38.1 Å². The van der Waals surface area contributed by atoms with Gasteiger partial charge in [-0.3, -0.25) is 0 Å². The molecule has 2 saturated heterocycles. The molecule has 2 heteroatoms. The predicted octanol–water partition coefficient (Wildman–Crippen LogP) is 1.57. The number of piperidine rings is 1. The molecule has 2 heterocycles. The molecule has 2 rings (SSSR count). The maximum Gasteiger partial charge on any atom is 0.00416 e. The molecule has 0 aliphatic carbocycles. The molecule has 0 saturated carbocycles. The largest absolute Gasteiger partial charge is 0.316 e. The van der Waals surface area contributed by atoms with E-state index < -0.39 is 0 Å². The highest BCUT2D eigenvalue weighted by Crippen LogP contribution is 2.46. The monoisotopic (exact) mass is 196 g/mol. The van der Waals surface area contributed by atoms with Crippen LogP contribution in [0.3, 0.4) is 0 Å². The number of rotatable bonds is 1. The fraction of sp³-hybridized carbons (Fsp3) is 1.00. The Labute approximate surface area is 88.1 Å². The molecule has 14 heavy (non-hydrogen) atoms. The van der Waals surface area contributed by atoms with Crippen molar-refractivity contribution in [2.75, 3.05) is 33.2 Å². The van der Waals surface area contributed by atoms with E-state index in [1.54, 1.807) is 0 Å². The SMILES string of the molecule is CCC1CNCC(C)C12CCN(C)C2. The number of nitrogens with one attached hydrogen (secondary N) is 1. The van der Waals surface area contributed by atoms with E-state index in [0.717, 1.165) is 11.8 Å². The second-order valence-corrected chi connectivity index (χ2v) is 5.39. The maximum absolute atomic E-state index is 3.58. The van der Waals surface area contributed by atoms with Gasteiger partial charge in [0, 0.05) is 6.54 Å². The molecule has 3 unspecified atom stereocenters. The van der Waals surface area contributed by atoms with Gasteiger partial charge in [0.1, 0.15) is 0 Å². The molecule has 0 radical (unpaired) electrons. The van der Waals surface area contributed by atoms with Crippen molar-refractivity contribution in [3.63, 3.8) is 0 Å². The summed E-state index contributed by atoms with van der Waals surface area (Å²) in [6.45, 7) is 9.90. The van der Waals surface area contributed by atoms with E-state index in [1.165, 1.54) is 39.0 Å². The average molecular weight is 196 g/mol. The molecule has 82 valence electrons. The van der Waals surface area contributed by atoms with Crippen LogP contribution in [0.5, 0.6) is 0 Å². The maximum atomic E-state index is 3.58. The first-order chi connectivity index (χ1) is 6.69. The zero-order valence-electron chi connectivity index (χ0n) is 9.84. The lowest BCUT2D eigenvalue weighted by Crippen LogP contribution is -2.51. The average Bonchev–Trinajstić information content (AvgIpc) is 2.55. The molecule has 2 aliphatic heterocycles. The summed E-state index contributed by atoms with van der Waals surface area (Å²) in [5.74, 6) is 1.75. The highest BCUT2D eigenvalue weighted by molar-refractivity contribution is 5.00. The Morgan fingerprint density at radius 3 is 2.79 bits per heavy atom. The van der Waals surface area contributed by atoms with E-state index in [1.807, 2.05) is 0 Å². The van der Waals surface area contributed by atoms with Gasteiger partial charge in [-0.15, -0.1) is 0 Å². The van der Waals surface area contributed by atoms with Gasteiger partial charge in [-0.1, -0.05) is 20.3 Å². The van der Waals surface area contributed by atoms with Crippen LogP contribution in [0.15, 0.2) is 0 Å². The summed E-state index contributed by atoms with van der Waals surface area (Å²) in [5.41, 5.74) is 0.634. The van der Waals surface area contributed by atoms with Crippen molar-refractivity contribution in [3.05, 3.63) is 0 Å². The van der Waals surface area contributed by atoms with Gasteiger partial charge in [0.2, 0.25) is 0 Å². The highest BCUT2D eigenvalue weighted by Gasteiger charge is 2.47. The Morgan fingerprint density at radius 2 is 2.21 bits per heavy atom. The Kier molecular flexibility index (Phi) is 2.85. The van der Waals surface area contributed by atoms with Crippen molar-refractivity contribution in [1.29, 1.82) is 0 Å². The molecule has 3 atom stereocenters. The molecule has 2 fully saturated rings. The Morgan fingerprint density at radius 1 is 1.43 bits per heavy atom. The minimum Gasteiger partial charge on any atom is -0.316 e. The van der Waals surface area contributed by atoms with Crippen LogP contribution in [-0.2, 0) is 0 Å². The Bertz CT molecular complexity index is 204. The minimum absolute atomic E-state index is 0.634. The van der Waals surface area contributed by atoms with Crippen molar-refractivity contribution in [2.24, 2.45) is 17.3 Å². The van der Waals surface area contributed by atoms with Gasteiger partial charge in [0.05, 0.1) is 0 Å². The molecule has 0 aromatic rings. The van der Waals surface area contributed by atoms with Crippen LogP contribution >= 0.6 is 0 Å². The normalized spacial score (nSPS) is 44.8. The van der Waals surface area contributed by atoms with Crippen LogP contribution in [0.1, 0.15) is 26.7 Å². The number of likely N-dealkylation sites (tertiary alicyclic amines) is 1. The summed E-state index contributed by atoms with van der Waals surface area (Å²) < 4.78 is 0. The van der Waals surface area contributed by atoms with E-state index in [-0.39, 0.29) is 0 Å². The fourth-order valence-corrected chi connectivity index (χ4v) is 3.63. The predicted molar refractivity (Wildman–Crippen MR) is 60.4 cm³/mol. The van der Waals surface area contributed by atoms with Gasteiger partial charge >= 0.3 is 0 Å². The van der Waals surface area contributed by atoms with Crippen molar-refractivity contribution < 1.29 is 0 Å². The lowest BCUT2D eigenvalue weighted by atomic mass is 9.63. The minimum atomic E-state index is 0.634. The van der Waals surface area contributed by atoms with Gasteiger partial charge in [-0.25, -0.2) is 0 Å². The molecule has 1 N–H and O–H groups in total. The van der Waals surface area contributed by atoms with E-state index in [2.05, 4.69) is 31.1 Å². The van der Waals surface area contributed by atoms with Crippen LogP contribution in [0.4, 0.5) is 0 Å². The van der Waals surface area contributed by atoms with Crippen molar-refractivity contribution >= 4 is 0 Å². The summed E-state index contributed by atoms with van der Waals surface area (Å²) >= 11 is 0. The third kappa shape index (κ3) is 1.49. The van der Waals surface area contributed by atoms with Gasteiger partial charge < -0.3 is 10.2 Å². The molecular formula is C12H24N2. The zero-order chi connectivity index (χ0) is 10.2. The summed E-state index contributed by atoms with van der Waals surface area (Å²) in [6, 6.07) is 0. The second-order valence-electron chi connectivity index (χ2n) is 5.39. The summed E-state index contributed by atoms with van der Waals surface area (Å²) in [6.07, 6.45) is 2.76. The molecule has 1 spiro atoms. The number of nitrogens with zero attached hydrogens (tertiary/aromatic N) is 1. The topological polar surface area (TPSA) is 15.3 Å². The third-order valence-corrected chi connectivity index (χ3v) is 4.65. The molecule has 0 bridgehead atoms. The highest BCUT2D eigenvalue weighted by atomic mass is 15.1. The summed E-state index contributed by atoms with van der Waals surface area (Å²) in [4.78, 5) is 2.52. The molecular weight excluding hydrogens is 172 g/mol. The van der Waals surface area contributed by atoms with Gasteiger partial charge in [0.15, 0.2) is 0 Å². The standard InChI is InChI=1S/C12H24N2/c1-4-11-8-13-7-10(2)12(11)5-6-14(3)9-12/h10-11,13H,4-9H2,1-3H3. The summed E-state index contributed by atoms with van der Waals surface area (Å²) in [7, 11) is 2.27. The lowest BCUT2D eigenvalue weighted by molar-refractivity contribution is 0.0539. The van der Waals surface area contributed by atoms with Gasteiger partial charge in [-0.2, -0.15) is 0 Å². The van der Waals surface area contributed by atoms with Crippen LogP contribution in [0.2, 0.25) is 0 Å². The van der Waals surface area contributed by atoms with Crippen LogP contribution < -0.4 is 5.32 Å². The molecule has 0 aromatic carbocycles. The Hall–Kier alpha value is -0.0800. The van der Waals surface area contributed by atoms with E-state index in [4.69, 9.17) is 0 Å². The summed E-state index contributed by atoms with van der Waals surface area (Å²) in [5, 5.41) is 3.58.